The molecule has 0 saturated carbocycles. The molecular formula is C14H25N3O. The van der Waals surface area contributed by atoms with Crippen LogP contribution in [-0.4, -0.2) is 35.1 Å². The highest BCUT2D eigenvalue weighted by molar-refractivity contribution is 5.06. The molecule has 2 unspecified atom stereocenters. The zero-order valence-corrected chi connectivity index (χ0v) is 11.6. The summed E-state index contributed by atoms with van der Waals surface area (Å²) in [7, 11) is 0. The Morgan fingerprint density at radius 3 is 3.06 bits per heavy atom. The molecule has 1 aromatic heterocycles. The van der Waals surface area contributed by atoms with E-state index >= 15 is 0 Å². The topological polar surface area (TPSA) is 39.1 Å². The van der Waals surface area contributed by atoms with Crippen LogP contribution < -0.4 is 5.32 Å². The fourth-order valence-electron chi connectivity index (χ4n) is 2.64. The Morgan fingerprint density at radius 1 is 1.56 bits per heavy atom. The van der Waals surface area contributed by atoms with Gasteiger partial charge in [-0.1, -0.05) is 6.92 Å². The van der Waals surface area contributed by atoms with E-state index in [0.29, 0.717) is 12.1 Å². The van der Waals surface area contributed by atoms with E-state index < -0.39 is 0 Å². The average molecular weight is 251 g/mol. The van der Waals surface area contributed by atoms with Crippen LogP contribution in [0.25, 0.3) is 0 Å². The lowest BCUT2D eigenvalue weighted by atomic mass is 10.0. The van der Waals surface area contributed by atoms with Crippen LogP contribution in [0.4, 0.5) is 0 Å². The van der Waals surface area contributed by atoms with Gasteiger partial charge in [-0.15, -0.1) is 0 Å². The molecule has 0 bridgehead atoms. The van der Waals surface area contributed by atoms with Gasteiger partial charge in [0, 0.05) is 25.4 Å². The summed E-state index contributed by atoms with van der Waals surface area (Å²) < 4.78 is 7.72. The SMILES string of the molecule is CCNC(Cc1cnn(CC)c1)CC1CCCO1. The molecule has 1 aliphatic heterocycles. The van der Waals surface area contributed by atoms with Gasteiger partial charge in [-0.05, 0) is 44.7 Å². The van der Waals surface area contributed by atoms with Gasteiger partial charge in [-0.3, -0.25) is 4.68 Å². The predicted molar refractivity (Wildman–Crippen MR) is 72.7 cm³/mol. The fourth-order valence-corrected chi connectivity index (χ4v) is 2.64. The number of rotatable bonds is 7. The van der Waals surface area contributed by atoms with Gasteiger partial charge >= 0.3 is 0 Å². The van der Waals surface area contributed by atoms with Crippen molar-refractivity contribution in [3.63, 3.8) is 0 Å². The Kier molecular flexibility index (Phi) is 5.20. The summed E-state index contributed by atoms with van der Waals surface area (Å²) in [5, 5.41) is 7.91. The number of ether oxygens (including phenoxy) is 1. The largest absolute Gasteiger partial charge is 0.378 e. The van der Waals surface area contributed by atoms with Gasteiger partial charge in [0.25, 0.3) is 0 Å². The molecule has 4 heteroatoms. The summed E-state index contributed by atoms with van der Waals surface area (Å²) in [6.07, 6.45) is 9.20. The van der Waals surface area contributed by atoms with Gasteiger partial charge in [0.15, 0.2) is 0 Å². The molecule has 2 atom stereocenters. The second-order valence-electron chi connectivity index (χ2n) is 5.03. The normalized spacial score (nSPS) is 21.3. The first-order valence-corrected chi connectivity index (χ1v) is 7.18. The Labute approximate surface area is 110 Å². The summed E-state index contributed by atoms with van der Waals surface area (Å²) in [5.41, 5.74) is 1.32. The fraction of sp³-hybridized carbons (Fsp3) is 0.786. The molecule has 18 heavy (non-hydrogen) atoms. The molecule has 1 N–H and O–H groups in total. The third-order valence-corrected chi connectivity index (χ3v) is 3.56. The molecular weight excluding hydrogens is 226 g/mol. The van der Waals surface area contributed by atoms with Crippen LogP contribution in [0, 0.1) is 0 Å². The molecule has 1 saturated heterocycles. The molecule has 1 fully saturated rings. The van der Waals surface area contributed by atoms with Crippen molar-refractivity contribution in [1.82, 2.24) is 15.1 Å². The number of likely N-dealkylation sites (N-methyl/N-ethyl adjacent to an activating group) is 1. The van der Waals surface area contributed by atoms with Crippen LogP contribution in [-0.2, 0) is 17.7 Å². The molecule has 1 aliphatic rings. The van der Waals surface area contributed by atoms with E-state index in [1.54, 1.807) is 0 Å². The number of aromatic nitrogens is 2. The lowest BCUT2D eigenvalue weighted by molar-refractivity contribution is 0.0947. The summed E-state index contributed by atoms with van der Waals surface area (Å²) in [5.74, 6) is 0. The maximum atomic E-state index is 5.73. The number of hydrogen-bond donors (Lipinski definition) is 1. The maximum Gasteiger partial charge on any atom is 0.0590 e. The number of hydrogen-bond acceptors (Lipinski definition) is 3. The van der Waals surface area contributed by atoms with Crippen LogP contribution in [0.15, 0.2) is 12.4 Å². The smallest absolute Gasteiger partial charge is 0.0590 e. The molecule has 2 rings (SSSR count). The van der Waals surface area contributed by atoms with Gasteiger partial charge in [0.2, 0.25) is 0 Å². The molecule has 2 heterocycles. The van der Waals surface area contributed by atoms with Crippen LogP contribution in [0.5, 0.6) is 0 Å². The quantitative estimate of drug-likeness (QED) is 0.805. The van der Waals surface area contributed by atoms with Crippen molar-refractivity contribution in [3.8, 4) is 0 Å². The first-order chi connectivity index (χ1) is 8.81. The molecule has 102 valence electrons. The molecule has 4 nitrogen and oxygen atoms in total. The van der Waals surface area contributed by atoms with E-state index in [1.807, 2.05) is 10.9 Å². The van der Waals surface area contributed by atoms with Crippen molar-refractivity contribution in [2.75, 3.05) is 13.2 Å². The second-order valence-corrected chi connectivity index (χ2v) is 5.03. The second kappa shape index (κ2) is 6.90. The lowest BCUT2D eigenvalue weighted by Gasteiger charge is -2.20. The minimum atomic E-state index is 0.454. The Morgan fingerprint density at radius 2 is 2.44 bits per heavy atom. The van der Waals surface area contributed by atoms with Crippen molar-refractivity contribution < 1.29 is 4.74 Å². The predicted octanol–water partition coefficient (Wildman–Crippen LogP) is 1.99. The van der Waals surface area contributed by atoms with Gasteiger partial charge in [-0.2, -0.15) is 5.10 Å². The van der Waals surface area contributed by atoms with Crippen LogP contribution >= 0.6 is 0 Å². The highest BCUT2D eigenvalue weighted by Crippen LogP contribution is 2.18. The number of nitrogens with zero attached hydrogens (tertiary/aromatic N) is 2. The first-order valence-electron chi connectivity index (χ1n) is 7.18. The van der Waals surface area contributed by atoms with Crippen molar-refractivity contribution in [2.24, 2.45) is 0 Å². The Bertz CT molecular complexity index is 345. The molecule has 0 aromatic carbocycles. The maximum absolute atomic E-state index is 5.73. The van der Waals surface area contributed by atoms with E-state index in [4.69, 9.17) is 4.74 Å². The van der Waals surface area contributed by atoms with Gasteiger partial charge in [-0.25, -0.2) is 0 Å². The molecule has 0 aliphatic carbocycles. The zero-order chi connectivity index (χ0) is 12.8. The van der Waals surface area contributed by atoms with Gasteiger partial charge < -0.3 is 10.1 Å². The molecule has 1 aromatic rings. The molecule has 0 spiro atoms. The summed E-state index contributed by atoms with van der Waals surface area (Å²) in [6.45, 7) is 7.18. The Hall–Kier alpha value is -0.870. The van der Waals surface area contributed by atoms with Crippen LogP contribution in [0.3, 0.4) is 0 Å². The van der Waals surface area contributed by atoms with Crippen LogP contribution in [0.1, 0.15) is 38.7 Å². The van der Waals surface area contributed by atoms with E-state index in [0.717, 1.165) is 32.5 Å². The molecule has 0 radical (unpaired) electrons. The van der Waals surface area contributed by atoms with Gasteiger partial charge in [0.1, 0.15) is 0 Å². The van der Waals surface area contributed by atoms with E-state index in [1.165, 1.54) is 18.4 Å². The van der Waals surface area contributed by atoms with Crippen molar-refractivity contribution >= 4 is 0 Å². The summed E-state index contributed by atoms with van der Waals surface area (Å²) >= 11 is 0. The van der Waals surface area contributed by atoms with E-state index in [9.17, 15) is 0 Å². The highest BCUT2D eigenvalue weighted by atomic mass is 16.5. The first kappa shape index (κ1) is 13.6. The highest BCUT2D eigenvalue weighted by Gasteiger charge is 2.20. The number of nitrogens with one attached hydrogen (secondary N) is 1. The van der Waals surface area contributed by atoms with E-state index in [-0.39, 0.29) is 0 Å². The number of aryl methyl sites for hydroxylation is 1. The summed E-state index contributed by atoms with van der Waals surface area (Å²) in [4.78, 5) is 0. The third kappa shape index (κ3) is 3.82. The van der Waals surface area contributed by atoms with Crippen LogP contribution in [0.2, 0.25) is 0 Å². The molecule has 0 amide bonds. The average Bonchev–Trinajstić information content (AvgIpc) is 3.00. The summed E-state index contributed by atoms with van der Waals surface area (Å²) in [6, 6.07) is 0.507. The monoisotopic (exact) mass is 251 g/mol. The van der Waals surface area contributed by atoms with Crippen molar-refractivity contribution in [3.05, 3.63) is 18.0 Å². The zero-order valence-electron chi connectivity index (χ0n) is 11.6. The third-order valence-electron chi connectivity index (χ3n) is 3.56. The minimum absolute atomic E-state index is 0.454. The Balaban J connectivity index is 1.87. The van der Waals surface area contributed by atoms with Gasteiger partial charge in [0.05, 0.1) is 12.3 Å². The lowest BCUT2D eigenvalue weighted by Crippen LogP contribution is -2.34. The van der Waals surface area contributed by atoms with Crippen molar-refractivity contribution in [2.45, 2.75) is 58.2 Å². The standard InChI is InChI=1S/C14H25N3O/c1-3-15-13(9-14-6-5-7-18-14)8-12-10-16-17(4-2)11-12/h10-11,13-15H,3-9H2,1-2H3. The van der Waals surface area contributed by atoms with E-state index in [2.05, 4.69) is 30.5 Å². The van der Waals surface area contributed by atoms with Crippen molar-refractivity contribution in [1.29, 1.82) is 0 Å². The minimum Gasteiger partial charge on any atom is -0.378 e.